The topological polar surface area (TPSA) is 0 Å². The van der Waals surface area contributed by atoms with Crippen LogP contribution in [0.15, 0.2) is 175 Å². The van der Waals surface area contributed by atoms with Gasteiger partial charge >= 0.3 is 0 Å². The van der Waals surface area contributed by atoms with Gasteiger partial charge in [-0.2, -0.15) is 0 Å². The second-order valence-corrected chi connectivity index (χ2v) is 13.5. The molecule has 51 heavy (non-hydrogen) atoms. The van der Waals surface area contributed by atoms with E-state index in [2.05, 4.69) is 186 Å². The third-order valence-corrected chi connectivity index (χ3v) is 10.5. The van der Waals surface area contributed by atoms with E-state index >= 15 is 0 Å². The summed E-state index contributed by atoms with van der Waals surface area (Å²) in [5.41, 5.74) is 16.7. The van der Waals surface area contributed by atoms with E-state index in [4.69, 9.17) is 0 Å². The van der Waals surface area contributed by atoms with Gasteiger partial charge in [0.25, 0.3) is 0 Å². The molecule has 0 saturated carbocycles. The zero-order chi connectivity index (χ0) is 35.3. The van der Waals surface area contributed by atoms with Crippen LogP contribution in [0.1, 0.15) is 57.2 Å². The molecule has 0 heterocycles. The number of hydrogen-bond acceptors (Lipinski definition) is 0. The molecule has 0 nitrogen and oxygen atoms in total. The summed E-state index contributed by atoms with van der Waals surface area (Å²) in [5.74, 6) is 0. The lowest BCUT2D eigenvalue weighted by Gasteiger charge is -2.24. The minimum Gasteiger partial charge on any atom is -0.0985 e. The quantitative estimate of drug-likeness (QED) is 0.136. The van der Waals surface area contributed by atoms with Crippen LogP contribution >= 0.6 is 0 Å². The van der Waals surface area contributed by atoms with E-state index in [0.29, 0.717) is 0 Å². The monoisotopic (exact) mass is 658 g/mol. The molecule has 0 atom stereocenters. The Morgan fingerprint density at radius 3 is 2.00 bits per heavy atom. The summed E-state index contributed by atoms with van der Waals surface area (Å²) >= 11 is 0. The molecular formula is C51H46. The third-order valence-electron chi connectivity index (χ3n) is 10.5. The molecule has 6 aromatic rings. The highest BCUT2D eigenvalue weighted by molar-refractivity contribution is 6.15. The Labute approximate surface area is 304 Å². The zero-order valence-electron chi connectivity index (χ0n) is 30.3. The van der Waals surface area contributed by atoms with Crippen LogP contribution in [0.5, 0.6) is 0 Å². The van der Waals surface area contributed by atoms with Crippen molar-refractivity contribution in [2.24, 2.45) is 0 Å². The summed E-state index contributed by atoms with van der Waals surface area (Å²) in [6.07, 6.45) is 18.7. The van der Waals surface area contributed by atoms with E-state index in [-0.39, 0.29) is 0 Å². The fourth-order valence-electron chi connectivity index (χ4n) is 7.63. The van der Waals surface area contributed by atoms with Gasteiger partial charge in [0.15, 0.2) is 0 Å². The summed E-state index contributed by atoms with van der Waals surface area (Å²) in [6.45, 7) is 12.7. The van der Waals surface area contributed by atoms with E-state index < -0.39 is 0 Å². The number of rotatable bonds is 9. The first-order valence-electron chi connectivity index (χ1n) is 18.3. The molecule has 0 heteroatoms. The minimum atomic E-state index is 1.02. The second kappa shape index (κ2) is 15.0. The van der Waals surface area contributed by atoms with Gasteiger partial charge in [0.1, 0.15) is 0 Å². The van der Waals surface area contributed by atoms with Crippen LogP contribution in [0.25, 0.3) is 66.6 Å². The fraction of sp³-hybridized carbons (Fsp3) is 0.137. The maximum absolute atomic E-state index is 4.04. The molecule has 0 saturated heterocycles. The van der Waals surface area contributed by atoms with Gasteiger partial charge in [0, 0.05) is 0 Å². The van der Waals surface area contributed by atoms with Crippen LogP contribution in [0.3, 0.4) is 0 Å². The summed E-state index contributed by atoms with van der Waals surface area (Å²) < 4.78 is 0. The molecular weight excluding hydrogens is 613 g/mol. The summed E-state index contributed by atoms with van der Waals surface area (Å²) in [5, 5.41) is 5.19. The van der Waals surface area contributed by atoms with Gasteiger partial charge in [-0.15, -0.1) is 0 Å². The average molecular weight is 659 g/mol. The molecule has 1 aliphatic carbocycles. The van der Waals surface area contributed by atoms with Crippen LogP contribution < -0.4 is 0 Å². The van der Waals surface area contributed by atoms with Crippen LogP contribution in [0, 0.1) is 0 Å². The summed E-state index contributed by atoms with van der Waals surface area (Å²) in [4.78, 5) is 0. The van der Waals surface area contributed by atoms with Crippen molar-refractivity contribution in [3.05, 3.63) is 192 Å². The first-order valence-corrected chi connectivity index (χ1v) is 18.3. The lowest BCUT2D eigenvalue weighted by molar-refractivity contribution is 0.992. The van der Waals surface area contributed by atoms with Crippen LogP contribution in [-0.4, -0.2) is 0 Å². The predicted octanol–water partition coefficient (Wildman–Crippen LogP) is 14.8. The van der Waals surface area contributed by atoms with Crippen molar-refractivity contribution in [2.75, 3.05) is 0 Å². The van der Waals surface area contributed by atoms with Crippen LogP contribution in [-0.2, 0) is 6.42 Å². The third kappa shape index (κ3) is 6.63. The van der Waals surface area contributed by atoms with Crippen molar-refractivity contribution in [3.63, 3.8) is 0 Å². The van der Waals surface area contributed by atoms with Gasteiger partial charge in [-0.05, 0) is 128 Å². The van der Waals surface area contributed by atoms with Gasteiger partial charge in [-0.25, -0.2) is 0 Å². The molecule has 0 spiro atoms. The predicted molar refractivity (Wildman–Crippen MR) is 225 cm³/mol. The fourth-order valence-corrected chi connectivity index (χ4v) is 7.63. The smallest absolute Gasteiger partial charge is 0.00297 e. The van der Waals surface area contributed by atoms with Gasteiger partial charge in [-0.1, -0.05) is 177 Å². The van der Waals surface area contributed by atoms with Gasteiger partial charge in [-0.3, -0.25) is 0 Å². The minimum absolute atomic E-state index is 1.02. The molecule has 0 radical (unpaired) electrons. The van der Waals surface area contributed by atoms with Crippen LogP contribution in [0.4, 0.5) is 0 Å². The molecule has 0 unspecified atom stereocenters. The van der Waals surface area contributed by atoms with Crippen molar-refractivity contribution < 1.29 is 0 Å². The van der Waals surface area contributed by atoms with E-state index in [9.17, 15) is 0 Å². The molecule has 0 aromatic heterocycles. The standard InChI is InChI=1S/C51H46/c1-6-35(4)28-29-41(34-36(5)37(7-2)8-3)38-30-32-40(33-31-38)50-46-20-12-14-22-48(46)51(49-23-15-13-21-47(49)50)45-27-17-25-43-42(24-16-26-44(43)45)39-18-10-9-11-19-39/h7-14,16-22,24-34H,2,6,15,23H2,1,3-5H3/b35-28+,36-34+,37-8+,41-29+. The maximum Gasteiger partial charge on any atom is -0.00297 e. The lowest BCUT2D eigenvalue weighted by atomic mass is 9.79. The molecule has 0 amide bonds. The Kier molecular flexibility index (Phi) is 9.95. The molecule has 0 aliphatic heterocycles. The number of benzene rings is 6. The Morgan fingerprint density at radius 2 is 1.31 bits per heavy atom. The number of allylic oxidation sites excluding steroid dienone is 10. The molecule has 0 fully saturated rings. The molecule has 6 aromatic carbocycles. The molecule has 250 valence electrons. The van der Waals surface area contributed by atoms with Crippen molar-refractivity contribution in [2.45, 2.75) is 47.0 Å². The maximum atomic E-state index is 4.04. The van der Waals surface area contributed by atoms with Gasteiger partial charge in [0.2, 0.25) is 0 Å². The summed E-state index contributed by atoms with van der Waals surface area (Å²) in [6, 6.07) is 42.6. The Balaban J connectivity index is 1.41. The first kappa shape index (κ1) is 33.8. The lowest BCUT2D eigenvalue weighted by Crippen LogP contribution is -2.03. The SMILES string of the molecule is C=CC(=C\C)/C(C)=C/C(=C\C=C(/C)CC)c1ccc(-c2c3c(c(-c4cccc5c(-c6ccccc6)cccc45)c4ccccc24)CCC=C3)cc1. The second-order valence-electron chi connectivity index (χ2n) is 13.5. The number of fused-ring (bicyclic) bond motifs is 3. The van der Waals surface area contributed by atoms with Gasteiger partial charge in [0.05, 0.1) is 0 Å². The van der Waals surface area contributed by atoms with Gasteiger partial charge < -0.3 is 0 Å². The van der Waals surface area contributed by atoms with Crippen LogP contribution in [0.2, 0.25) is 0 Å². The normalized spacial score (nSPS) is 13.9. The van der Waals surface area contributed by atoms with E-state index in [1.807, 2.05) is 6.08 Å². The van der Waals surface area contributed by atoms with Crippen molar-refractivity contribution in [1.29, 1.82) is 0 Å². The van der Waals surface area contributed by atoms with E-state index in [1.54, 1.807) is 0 Å². The van der Waals surface area contributed by atoms with Crippen molar-refractivity contribution in [3.8, 4) is 33.4 Å². The Morgan fingerprint density at radius 1 is 0.667 bits per heavy atom. The highest BCUT2D eigenvalue weighted by Gasteiger charge is 2.23. The first-order chi connectivity index (χ1) is 25.0. The van der Waals surface area contributed by atoms with Crippen molar-refractivity contribution >= 4 is 33.2 Å². The summed E-state index contributed by atoms with van der Waals surface area (Å²) in [7, 11) is 0. The molecule has 0 N–H and O–H groups in total. The van der Waals surface area contributed by atoms with E-state index in [1.165, 1.54) is 88.3 Å². The molecule has 1 aliphatic rings. The Bertz CT molecular complexity index is 2400. The Hall–Kier alpha value is -5.72. The molecule has 0 bridgehead atoms. The molecule has 7 rings (SSSR count). The largest absolute Gasteiger partial charge is 0.0985 e. The number of hydrogen-bond donors (Lipinski definition) is 0. The highest BCUT2D eigenvalue weighted by Crippen LogP contribution is 2.47. The zero-order valence-corrected chi connectivity index (χ0v) is 30.3. The van der Waals surface area contributed by atoms with Crippen molar-refractivity contribution in [1.82, 2.24) is 0 Å². The highest BCUT2D eigenvalue weighted by atomic mass is 14.3. The van der Waals surface area contributed by atoms with E-state index in [0.717, 1.165) is 24.8 Å². The average Bonchev–Trinajstić information content (AvgIpc) is 3.19.